The normalized spacial score (nSPS) is 14.9. The van der Waals surface area contributed by atoms with Crippen LogP contribution >= 0.6 is 0 Å². The second-order valence-corrected chi connectivity index (χ2v) is 6.78. The van der Waals surface area contributed by atoms with Crippen LogP contribution in [0.15, 0.2) is 36.5 Å². The Morgan fingerprint density at radius 3 is 2.52 bits per heavy atom. The van der Waals surface area contributed by atoms with Gasteiger partial charge in [0.05, 0.1) is 19.9 Å². The van der Waals surface area contributed by atoms with Crippen molar-refractivity contribution in [1.29, 1.82) is 0 Å². The summed E-state index contributed by atoms with van der Waals surface area (Å²) in [6.07, 6.45) is 8.61. The fourth-order valence-electron chi connectivity index (χ4n) is 3.37. The SMILES string of the molecule is COc1ccc(Nc2ccnc(C(=O)NC3CCCCCC3)c2)c(OC)c1. The van der Waals surface area contributed by atoms with E-state index in [2.05, 4.69) is 15.6 Å². The van der Waals surface area contributed by atoms with Crippen molar-refractivity contribution in [3.63, 3.8) is 0 Å². The van der Waals surface area contributed by atoms with Gasteiger partial charge in [0.2, 0.25) is 0 Å². The molecule has 0 spiro atoms. The number of pyridine rings is 1. The Kier molecular flexibility index (Phi) is 6.52. The first-order chi connectivity index (χ1) is 13.2. The van der Waals surface area contributed by atoms with E-state index in [4.69, 9.17) is 9.47 Å². The highest BCUT2D eigenvalue weighted by molar-refractivity contribution is 5.93. The molecule has 2 N–H and O–H groups in total. The maximum absolute atomic E-state index is 12.6. The Bertz CT molecular complexity index is 771. The van der Waals surface area contributed by atoms with Gasteiger partial charge in [0.25, 0.3) is 5.91 Å². The van der Waals surface area contributed by atoms with Crippen molar-refractivity contribution in [3.05, 3.63) is 42.2 Å². The van der Waals surface area contributed by atoms with Crippen molar-refractivity contribution >= 4 is 17.3 Å². The van der Waals surface area contributed by atoms with E-state index in [1.165, 1.54) is 25.7 Å². The zero-order valence-electron chi connectivity index (χ0n) is 16.0. The molecule has 27 heavy (non-hydrogen) atoms. The number of amides is 1. The Labute approximate surface area is 160 Å². The van der Waals surface area contributed by atoms with E-state index < -0.39 is 0 Å². The first kappa shape index (κ1) is 19.0. The number of nitrogens with zero attached hydrogens (tertiary/aromatic N) is 1. The molecule has 1 aromatic carbocycles. The highest BCUT2D eigenvalue weighted by Gasteiger charge is 2.17. The topological polar surface area (TPSA) is 72.5 Å². The second kappa shape index (κ2) is 9.26. The molecule has 2 aromatic rings. The molecule has 1 aromatic heterocycles. The molecular formula is C21H27N3O3. The quantitative estimate of drug-likeness (QED) is 0.743. The molecular weight excluding hydrogens is 342 g/mol. The Morgan fingerprint density at radius 1 is 1.04 bits per heavy atom. The van der Waals surface area contributed by atoms with Crippen LogP contribution in [0, 0.1) is 0 Å². The van der Waals surface area contributed by atoms with E-state index in [9.17, 15) is 4.79 Å². The van der Waals surface area contributed by atoms with Crippen molar-refractivity contribution in [2.45, 2.75) is 44.6 Å². The predicted molar refractivity (Wildman–Crippen MR) is 106 cm³/mol. The minimum atomic E-state index is -0.118. The smallest absolute Gasteiger partial charge is 0.270 e. The first-order valence-corrected chi connectivity index (χ1v) is 9.45. The van der Waals surface area contributed by atoms with Crippen LogP contribution in [-0.4, -0.2) is 31.2 Å². The molecule has 6 nitrogen and oxygen atoms in total. The van der Waals surface area contributed by atoms with Gasteiger partial charge >= 0.3 is 0 Å². The second-order valence-electron chi connectivity index (χ2n) is 6.78. The minimum Gasteiger partial charge on any atom is -0.497 e. The monoisotopic (exact) mass is 369 g/mol. The van der Waals surface area contributed by atoms with Crippen LogP contribution in [0.2, 0.25) is 0 Å². The summed E-state index contributed by atoms with van der Waals surface area (Å²) in [5, 5.41) is 6.42. The van der Waals surface area contributed by atoms with Gasteiger partial charge in [-0.2, -0.15) is 0 Å². The van der Waals surface area contributed by atoms with E-state index >= 15 is 0 Å². The molecule has 0 bridgehead atoms. The Hall–Kier alpha value is -2.76. The minimum absolute atomic E-state index is 0.118. The zero-order chi connectivity index (χ0) is 19.1. The lowest BCUT2D eigenvalue weighted by atomic mass is 10.1. The highest BCUT2D eigenvalue weighted by atomic mass is 16.5. The third kappa shape index (κ3) is 5.12. The van der Waals surface area contributed by atoms with E-state index in [-0.39, 0.29) is 11.9 Å². The largest absolute Gasteiger partial charge is 0.497 e. The molecule has 1 heterocycles. The van der Waals surface area contributed by atoms with E-state index in [1.54, 1.807) is 26.5 Å². The molecule has 1 amide bonds. The number of benzene rings is 1. The number of methoxy groups -OCH3 is 2. The van der Waals surface area contributed by atoms with Gasteiger partial charge in [-0.15, -0.1) is 0 Å². The van der Waals surface area contributed by atoms with Crippen molar-refractivity contribution in [2.75, 3.05) is 19.5 Å². The van der Waals surface area contributed by atoms with Gasteiger partial charge < -0.3 is 20.1 Å². The van der Waals surface area contributed by atoms with Crippen LogP contribution in [-0.2, 0) is 0 Å². The van der Waals surface area contributed by atoms with Crippen LogP contribution in [0.3, 0.4) is 0 Å². The maximum atomic E-state index is 12.6. The number of hydrogen-bond acceptors (Lipinski definition) is 5. The molecule has 0 aliphatic heterocycles. The molecule has 0 saturated heterocycles. The average molecular weight is 369 g/mol. The van der Waals surface area contributed by atoms with Crippen LogP contribution in [0.1, 0.15) is 49.0 Å². The number of carbonyl (C=O) groups is 1. The molecule has 0 unspecified atom stereocenters. The van der Waals surface area contributed by atoms with E-state index in [0.29, 0.717) is 11.4 Å². The van der Waals surface area contributed by atoms with Gasteiger partial charge in [0.1, 0.15) is 17.2 Å². The fourth-order valence-corrected chi connectivity index (χ4v) is 3.37. The molecule has 1 fully saturated rings. The van der Waals surface area contributed by atoms with E-state index in [0.717, 1.165) is 30.0 Å². The number of rotatable bonds is 6. The third-order valence-corrected chi connectivity index (χ3v) is 4.87. The summed E-state index contributed by atoms with van der Waals surface area (Å²) in [6.45, 7) is 0. The number of anilines is 2. The summed E-state index contributed by atoms with van der Waals surface area (Å²) >= 11 is 0. The lowest BCUT2D eigenvalue weighted by Crippen LogP contribution is -2.34. The van der Waals surface area contributed by atoms with Crippen LogP contribution in [0.4, 0.5) is 11.4 Å². The average Bonchev–Trinajstić information content (AvgIpc) is 2.97. The summed E-state index contributed by atoms with van der Waals surface area (Å²) < 4.78 is 10.6. The van der Waals surface area contributed by atoms with Crippen molar-refractivity contribution in [1.82, 2.24) is 10.3 Å². The molecule has 3 rings (SSSR count). The van der Waals surface area contributed by atoms with Crippen molar-refractivity contribution in [3.8, 4) is 11.5 Å². The predicted octanol–water partition coefficient (Wildman–Crippen LogP) is 4.30. The molecule has 6 heteroatoms. The van der Waals surface area contributed by atoms with Crippen molar-refractivity contribution in [2.24, 2.45) is 0 Å². The van der Waals surface area contributed by atoms with Crippen LogP contribution in [0.25, 0.3) is 0 Å². The summed E-state index contributed by atoms with van der Waals surface area (Å²) in [7, 11) is 3.22. The number of nitrogens with one attached hydrogen (secondary N) is 2. The summed E-state index contributed by atoms with van der Waals surface area (Å²) in [5.74, 6) is 1.26. The molecule has 0 radical (unpaired) electrons. The van der Waals surface area contributed by atoms with Crippen molar-refractivity contribution < 1.29 is 14.3 Å². The lowest BCUT2D eigenvalue weighted by molar-refractivity contribution is 0.0928. The van der Waals surface area contributed by atoms with Crippen LogP contribution < -0.4 is 20.1 Å². The first-order valence-electron chi connectivity index (χ1n) is 9.45. The van der Waals surface area contributed by atoms with Gasteiger partial charge in [-0.25, -0.2) is 0 Å². The van der Waals surface area contributed by atoms with Gasteiger partial charge in [-0.05, 0) is 37.1 Å². The Morgan fingerprint density at radius 2 is 1.81 bits per heavy atom. The van der Waals surface area contributed by atoms with Gasteiger partial charge in [0, 0.05) is 24.0 Å². The van der Waals surface area contributed by atoms with Gasteiger partial charge in [0.15, 0.2) is 0 Å². The fraction of sp³-hybridized carbons (Fsp3) is 0.429. The van der Waals surface area contributed by atoms with Crippen LogP contribution in [0.5, 0.6) is 11.5 Å². The molecule has 0 atom stereocenters. The molecule has 1 aliphatic rings. The molecule has 1 saturated carbocycles. The molecule has 1 aliphatic carbocycles. The van der Waals surface area contributed by atoms with Gasteiger partial charge in [-0.3, -0.25) is 9.78 Å². The number of hydrogen-bond donors (Lipinski definition) is 2. The van der Waals surface area contributed by atoms with E-state index in [1.807, 2.05) is 24.3 Å². The molecule has 144 valence electrons. The van der Waals surface area contributed by atoms with Gasteiger partial charge in [-0.1, -0.05) is 25.7 Å². The number of aromatic nitrogens is 1. The number of carbonyl (C=O) groups excluding carboxylic acids is 1. The summed E-state index contributed by atoms with van der Waals surface area (Å²) in [4.78, 5) is 16.8. The standard InChI is InChI=1S/C21H27N3O3/c1-26-17-9-10-18(20(14-17)27-2)23-16-11-12-22-19(13-16)21(25)24-15-7-5-3-4-6-8-15/h9-15H,3-8H2,1-2H3,(H,22,23)(H,24,25). The number of ether oxygens (including phenoxy) is 2. The third-order valence-electron chi connectivity index (χ3n) is 4.87. The lowest BCUT2D eigenvalue weighted by Gasteiger charge is -2.16. The summed E-state index contributed by atoms with van der Waals surface area (Å²) in [6, 6.07) is 9.38. The summed E-state index contributed by atoms with van der Waals surface area (Å²) in [5.41, 5.74) is 1.98. The zero-order valence-corrected chi connectivity index (χ0v) is 16.0. The maximum Gasteiger partial charge on any atom is 0.270 e. The Balaban J connectivity index is 1.70. The highest BCUT2D eigenvalue weighted by Crippen LogP contribution is 2.31.